The van der Waals surface area contributed by atoms with Crippen LogP contribution in [0.2, 0.25) is 0 Å². The van der Waals surface area contributed by atoms with E-state index in [0.29, 0.717) is 18.7 Å². The number of nitrogens with one attached hydrogen (secondary N) is 2. The van der Waals surface area contributed by atoms with Gasteiger partial charge in [0.25, 0.3) is 5.91 Å². The molecule has 0 saturated carbocycles. The third-order valence-corrected chi connectivity index (χ3v) is 5.46. The predicted molar refractivity (Wildman–Crippen MR) is 104 cm³/mol. The van der Waals surface area contributed by atoms with Crippen LogP contribution >= 0.6 is 0 Å². The summed E-state index contributed by atoms with van der Waals surface area (Å²) < 4.78 is 5.47. The first-order chi connectivity index (χ1) is 13.5. The van der Waals surface area contributed by atoms with Crippen molar-refractivity contribution in [2.24, 2.45) is 0 Å². The topological polar surface area (TPSA) is 87.7 Å². The molecule has 2 aliphatic rings. The number of imide groups is 1. The van der Waals surface area contributed by atoms with E-state index in [1.807, 2.05) is 42.5 Å². The highest BCUT2D eigenvalue weighted by molar-refractivity contribution is 6.10. The third-order valence-electron chi connectivity index (χ3n) is 5.46. The smallest absolute Gasteiger partial charge is 0.325 e. The van der Waals surface area contributed by atoms with Crippen LogP contribution in [0.25, 0.3) is 10.8 Å². The molecule has 2 fully saturated rings. The van der Waals surface area contributed by atoms with Crippen molar-refractivity contribution in [3.8, 4) is 0 Å². The number of urea groups is 1. The van der Waals surface area contributed by atoms with Crippen molar-refractivity contribution in [2.75, 3.05) is 19.7 Å². The van der Waals surface area contributed by atoms with Crippen LogP contribution in [0.1, 0.15) is 25.3 Å². The lowest BCUT2D eigenvalue weighted by molar-refractivity contribution is -0.134. The lowest BCUT2D eigenvalue weighted by atomic mass is 9.88. The van der Waals surface area contributed by atoms with Gasteiger partial charge < -0.3 is 15.4 Å². The average Bonchev–Trinajstić information content (AvgIpc) is 3.29. The highest BCUT2D eigenvalue weighted by Crippen LogP contribution is 2.33. The van der Waals surface area contributed by atoms with Crippen molar-refractivity contribution in [1.29, 1.82) is 0 Å². The molecule has 7 heteroatoms. The van der Waals surface area contributed by atoms with Gasteiger partial charge in [0.15, 0.2) is 0 Å². The Morgan fingerprint density at radius 2 is 2.04 bits per heavy atom. The van der Waals surface area contributed by atoms with Gasteiger partial charge in [-0.15, -0.1) is 0 Å². The molecule has 0 unspecified atom stereocenters. The number of fused-ring (bicyclic) bond motifs is 1. The minimum Gasteiger partial charge on any atom is -0.376 e. The number of rotatable bonds is 5. The fourth-order valence-corrected chi connectivity index (χ4v) is 3.92. The molecule has 0 bridgehead atoms. The zero-order valence-electron chi connectivity index (χ0n) is 15.7. The first kappa shape index (κ1) is 18.4. The first-order valence-electron chi connectivity index (χ1n) is 9.50. The van der Waals surface area contributed by atoms with E-state index in [0.717, 1.165) is 28.5 Å². The van der Waals surface area contributed by atoms with Crippen LogP contribution in [0.4, 0.5) is 4.79 Å². The zero-order chi connectivity index (χ0) is 19.7. The number of hydrogen-bond donors (Lipinski definition) is 2. The molecule has 2 atom stereocenters. The van der Waals surface area contributed by atoms with Crippen LogP contribution in [0.3, 0.4) is 0 Å². The highest BCUT2D eigenvalue weighted by Gasteiger charge is 2.50. The summed E-state index contributed by atoms with van der Waals surface area (Å²) in [4.78, 5) is 38.9. The largest absolute Gasteiger partial charge is 0.376 e. The number of carbonyl (C=O) groups is 3. The molecule has 7 nitrogen and oxygen atoms in total. The van der Waals surface area contributed by atoms with Gasteiger partial charge >= 0.3 is 6.03 Å². The monoisotopic (exact) mass is 381 g/mol. The summed E-state index contributed by atoms with van der Waals surface area (Å²) in [5.41, 5.74) is -0.501. The Morgan fingerprint density at radius 3 is 2.82 bits per heavy atom. The molecular formula is C21H23N3O4. The molecule has 4 amide bonds. The minimum absolute atomic E-state index is 0.00741. The number of nitrogens with zero attached hydrogens (tertiary/aromatic N) is 1. The molecular weight excluding hydrogens is 358 g/mol. The number of carbonyl (C=O) groups excluding carboxylic acids is 3. The Balaban J connectivity index is 1.52. The summed E-state index contributed by atoms with van der Waals surface area (Å²) in [5, 5.41) is 7.40. The summed E-state index contributed by atoms with van der Waals surface area (Å²) >= 11 is 0. The maximum absolute atomic E-state index is 13.1. The summed E-state index contributed by atoms with van der Waals surface area (Å²) in [6.45, 7) is 2.47. The van der Waals surface area contributed by atoms with Gasteiger partial charge in [0.05, 0.1) is 6.10 Å². The highest BCUT2D eigenvalue weighted by atomic mass is 16.5. The molecule has 2 saturated heterocycles. The quantitative estimate of drug-likeness (QED) is 0.775. The van der Waals surface area contributed by atoms with E-state index in [9.17, 15) is 14.4 Å². The van der Waals surface area contributed by atoms with E-state index in [1.165, 1.54) is 0 Å². The summed E-state index contributed by atoms with van der Waals surface area (Å²) in [7, 11) is 0. The Hall–Kier alpha value is -2.93. The Bertz CT molecular complexity index is 933. The van der Waals surface area contributed by atoms with Crippen LogP contribution in [-0.2, 0) is 19.9 Å². The normalized spacial score (nSPS) is 24.6. The number of amides is 4. The molecule has 28 heavy (non-hydrogen) atoms. The van der Waals surface area contributed by atoms with E-state index in [-0.39, 0.29) is 18.6 Å². The first-order valence-corrected chi connectivity index (χ1v) is 9.50. The lowest BCUT2D eigenvalue weighted by Crippen LogP contribution is -2.44. The molecule has 0 aliphatic carbocycles. The van der Waals surface area contributed by atoms with Crippen molar-refractivity contribution < 1.29 is 19.1 Å². The Morgan fingerprint density at radius 1 is 1.25 bits per heavy atom. The molecule has 2 aromatic rings. The zero-order valence-corrected chi connectivity index (χ0v) is 15.7. The van der Waals surface area contributed by atoms with Crippen LogP contribution in [0.5, 0.6) is 0 Å². The Labute approximate surface area is 163 Å². The van der Waals surface area contributed by atoms with Gasteiger partial charge in [-0.05, 0) is 36.1 Å². The van der Waals surface area contributed by atoms with Crippen LogP contribution < -0.4 is 10.6 Å². The van der Waals surface area contributed by atoms with Gasteiger partial charge in [-0.2, -0.15) is 0 Å². The van der Waals surface area contributed by atoms with Crippen molar-refractivity contribution in [3.05, 3.63) is 48.0 Å². The second-order valence-corrected chi connectivity index (χ2v) is 7.41. The molecule has 2 N–H and O–H groups in total. The minimum atomic E-state index is -1.22. The fourth-order valence-electron chi connectivity index (χ4n) is 3.92. The molecule has 2 aromatic carbocycles. The molecule has 2 aliphatic heterocycles. The van der Waals surface area contributed by atoms with Gasteiger partial charge in [0, 0.05) is 13.2 Å². The molecule has 0 radical (unpaired) electrons. The number of benzene rings is 2. The molecule has 2 heterocycles. The van der Waals surface area contributed by atoms with E-state index in [1.54, 1.807) is 6.92 Å². The van der Waals surface area contributed by atoms with Crippen molar-refractivity contribution in [1.82, 2.24) is 15.5 Å². The predicted octanol–water partition coefficient (Wildman–Crippen LogP) is 1.90. The van der Waals surface area contributed by atoms with Gasteiger partial charge in [0.2, 0.25) is 5.91 Å². The maximum atomic E-state index is 13.1. The number of ether oxygens (including phenoxy) is 1. The standard InChI is InChI=1S/C21H23N3O4/c1-21(17-10-4-7-14-6-2-3-9-16(14)17)19(26)24(20(27)23-21)13-18(25)22-12-15-8-5-11-28-15/h2-4,6-7,9-10,15H,5,8,11-13H2,1H3,(H,22,25)(H,23,27)/t15-,21-/m0/s1. The molecule has 4 rings (SSSR count). The third kappa shape index (κ3) is 3.22. The second kappa shape index (κ2) is 7.24. The van der Waals surface area contributed by atoms with Gasteiger partial charge in [-0.3, -0.25) is 14.5 Å². The molecule has 0 aromatic heterocycles. The van der Waals surface area contributed by atoms with Crippen molar-refractivity contribution in [2.45, 2.75) is 31.4 Å². The van der Waals surface area contributed by atoms with E-state index >= 15 is 0 Å². The van der Waals surface area contributed by atoms with Gasteiger partial charge in [-0.1, -0.05) is 42.5 Å². The van der Waals surface area contributed by atoms with E-state index in [2.05, 4.69) is 10.6 Å². The van der Waals surface area contributed by atoms with Crippen LogP contribution in [-0.4, -0.2) is 48.5 Å². The van der Waals surface area contributed by atoms with Crippen molar-refractivity contribution in [3.63, 3.8) is 0 Å². The number of hydrogen-bond acceptors (Lipinski definition) is 4. The van der Waals surface area contributed by atoms with E-state index < -0.39 is 17.5 Å². The lowest BCUT2D eigenvalue weighted by Gasteiger charge is -2.24. The summed E-state index contributed by atoms with van der Waals surface area (Å²) in [6.07, 6.45) is 1.90. The second-order valence-electron chi connectivity index (χ2n) is 7.41. The summed E-state index contributed by atoms with van der Waals surface area (Å²) in [6, 6.07) is 12.8. The van der Waals surface area contributed by atoms with Crippen LogP contribution in [0, 0.1) is 0 Å². The van der Waals surface area contributed by atoms with Crippen LogP contribution in [0.15, 0.2) is 42.5 Å². The summed E-state index contributed by atoms with van der Waals surface area (Å²) in [5.74, 6) is -0.803. The molecule has 0 spiro atoms. The average molecular weight is 381 g/mol. The Kier molecular flexibility index (Phi) is 4.77. The SMILES string of the molecule is C[C@@]1(c2cccc3ccccc23)NC(=O)N(CC(=O)NC[C@@H]2CCCO2)C1=O. The van der Waals surface area contributed by atoms with Gasteiger partial charge in [0.1, 0.15) is 12.1 Å². The fraction of sp³-hybridized carbons (Fsp3) is 0.381. The van der Waals surface area contributed by atoms with Crippen molar-refractivity contribution >= 4 is 28.6 Å². The van der Waals surface area contributed by atoms with Gasteiger partial charge in [-0.25, -0.2) is 4.79 Å². The maximum Gasteiger partial charge on any atom is 0.325 e. The van der Waals surface area contributed by atoms with E-state index in [4.69, 9.17) is 4.74 Å². The molecule has 146 valence electrons.